The number of fused-ring (bicyclic) bond motifs is 1. The molecule has 0 saturated heterocycles. The molecule has 1 nitrogen and oxygen atoms in total. The minimum Gasteiger partial charge on any atom is -1.00 e. The topological polar surface area (TPSA) is 3.88 Å². The molecule has 1 heterocycles. The van der Waals surface area contributed by atoms with Gasteiger partial charge in [-0.3, -0.25) is 0 Å². The highest BCUT2D eigenvalue weighted by atomic mass is 35.5. The van der Waals surface area contributed by atoms with E-state index in [2.05, 4.69) is 149 Å². The molecular weight excluding hydrogens is 621 g/mol. The minimum absolute atomic E-state index is 0. The zero-order valence-electron chi connectivity index (χ0n) is 30.5. The maximum Gasteiger partial charge on any atom is 0.231 e. The molecule has 0 radical (unpaired) electrons. The Kier molecular flexibility index (Phi) is 10.1. The van der Waals surface area contributed by atoms with Crippen molar-refractivity contribution >= 4 is 22.9 Å². The average molecular weight is 677 g/mol. The lowest BCUT2D eigenvalue weighted by Crippen LogP contribution is -3.00. The second-order valence-corrected chi connectivity index (χ2v) is 18.9. The maximum absolute atomic E-state index is 7.38. The second-order valence-electron chi connectivity index (χ2n) is 17.6. The third-order valence-corrected chi connectivity index (χ3v) is 11.2. The van der Waals surface area contributed by atoms with Crippen LogP contribution in [0, 0.1) is 0 Å². The van der Waals surface area contributed by atoms with Gasteiger partial charge in [-0.1, -0.05) is 149 Å². The van der Waals surface area contributed by atoms with E-state index in [0.29, 0.717) is 5.92 Å². The highest BCUT2D eigenvalue weighted by molar-refractivity contribution is 7.09. The van der Waals surface area contributed by atoms with E-state index < -0.39 is 0 Å². The van der Waals surface area contributed by atoms with Gasteiger partial charge in [0, 0.05) is 6.42 Å². The molecule has 1 aromatic heterocycles. The zero-order valence-corrected chi connectivity index (χ0v) is 32.8. The van der Waals surface area contributed by atoms with Crippen LogP contribution in [0.2, 0.25) is 5.02 Å². The number of thiazole rings is 1. The summed E-state index contributed by atoms with van der Waals surface area (Å²) in [6.07, 6.45) is 3.57. The van der Waals surface area contributed by atoms with E-state index in [0.717, 1.165) is 17.0 Å². The normalized spacial score (nSPS) is 15.8. The molecule has 0 aliphatic heterocycles. The number of hydrogen-bond donors (Lipinski definition) is 0. The molecule has 1 unspecified atom stereocenters. The zero-order chi connectivity index (χ0) is 33.3. The van der Waals surface area contributed by atoms with E-state index in [1.54, 1.807) is 0 Å². The van der Waals surface area contributed by atoms with Crippen LogP contribution < -0.4 is 17.0 Å². The number of hydrogen-bond acceptors (Lipinski definition) is 1. The van der Waals surface area contributed by atoms with E-state index in [9.17, 15) is 0 Å². The summed E-state index contributed by atoms with van der Waals surface area (Å²) in [5.41, 5.74) is 15.3. The van der Waals surface area contributed by atoms with Crippen LogP contribution >= 0.6 is 22.9 Å². The molecule has 0 saturated carbocycles. The summed E-state index contributed by atoms with van der Waals surface area (Å²) < 4.78 is 2.52. The Labute approximate surface area is 295 Å². The lowest BCUT2D eigenvalue weighted by Gasteiger charge is -2.27. The van der Waals surface area contributed by atoms with Crippen molar-refractivity contribution in [2.75, 3.05) is 0 Å². The Bertz CT molecular complexity index is 1670. The Hall–Kier alpha value is -2.13. The monoisotopic (exact) mass is 675 g/mol. The van der Waals surface area contributed by atoms with Gasteiger partial charge in [0.15, 0.2) is 0 Å². The average Bonchev–Trinajstić information content (AvgIpc) is 3.35. The van der Waals surface area contributed by atoms with Crippen LogP contribution in [0.25, 0.3) is 27.9 Å². The number of benzene rings is 3. The fourth-order valence-corrected chi connectivity index (χ4v) is 7.91. The van der Waals surface area contributed by atoms with Crippen molar-refractivity contribution < 1.29 is 17.0 Å². The summed E-state index contributed by atoms with van der Waals surface area (Å²) in [7, 11) is 0. The molecule has 3 aromatic carbocycles. The Morgan fingerprint density at radius 1 is 0.674 bits per heavy atom. The summed E-state index contributed by atoms with van der Waals surface area (Å²) >= 11 is 9.30. The van der Waals surface area contributed by atoms with Crippen molar-refractivity contribution in [3.63, 3.8) is 0 Å². The van der Waals surface area contributed by atoms with Gasteiger partial charge in [-0.05, 0) is 85.9 Å². The van der Waals surface area contributed by atoms with Gasteiger partial charge < -0.3 is 12.4 Å². The Balaban J connectivity index is 0.00000480. The SMILES string of the molecule is CC1CCCc2c1sc[n+]2-c1c(-c2cc(C(C)(C)C)cc(C(C)(C)C)c2)ccc(Cl)c1-c1cc(C(C)(C)C)cc(C(C)(C)C)c1.[Cl-]. The molecule has 0 spiro atoms. The Morgan fingerprint density at radius 2 is 1.13 bits per heavy atom. The number of rotatable bonds is 3. The molecular formula is C42H55Cl2NS. The number of halogens is 2. The fourth-order valence-electron chi connectivity index (χ4n) is 6.51. The molecule has 0 fully saturated rings. The van der Waals surface area contributed by atoms with Crippen LogP contribution in [0.5, 0.6) is 0 Å². The molecule has 1 atom stereocenters. The van der Waals surface area contributed by atoms with Crippen molar-refractivity contribution in [2.24, 2.45) is 0 Å². The molecule has 0 amide bonds. The molecule has 46 heavy (non-hydrogen) atoms. The molecule has 248 valence electrons. The van der Waals surface area contributed by atoms with Crippen LogP contribution in [-0.4, -0.2) is 0 Å². The van der Waals surface area contributed by atoms with Gasteiger partial charge >= 0.3 is 0 Å². The standard InChI is InChI=1S/C42H55ClNS.ClH/c1-26-15-14-16-35-38(26)45-25-44(35)37-33(27-19-29(39(2,3)4)23-30(20-27)40(5,6)7)17-18-34(43)36(37)28-21-31(41(8,9)10)24-32(22-28)42(11,12)13;/h17-26H,14-16H2,1-13H3;1H/q+1;/p-1. The van der Waals surface area contributed by atoms with E-state index >= 15 is 0 Å². The molecule has 5 rings (SSSR count). The van der Waals surface area contributed by atoms with E-state index in [1.807, 2.05) is 11.3 Å². The number of nitrogens with zero attached hydrogens (tertiary/aromatic N) is 1. The summed E-state index contributed by atoms with van der Waals surface area (Å²) in [5, 5.41) is 0.805. The highest BCUT2D eigenvalue weighted by Gasteiger charge is 2.34. The van der Waals surface area contributed by atoms with Crippen LogP contribution in [-0.2, 0) is 28.1 Å². The lowest BCUT2D eigenvalue weighted by molar-refractivity contribution is -0.598. The van der Waals surface area contributed by atoms with Gasteiger partial charge in [-0.15, -0.1) is 0 Å². The fraction of sp³-hybridized carbons (Fsp3) is 0.500. The largest absolute Gasteiger partial charge is 1.00 e. The van der Waals surface area contributed by atoms with Crippen LogP contribution in [0.15, 0.2) is 54.0 Å². The van der Waals surface area contributed by atoms with Crippen LogP contribution in [0.1, 0.15) is 142 Å². The first-order valence-electron chi connectivity index (χ1n) is 16.8. The minimum atomic E-state index is 0. The predicted octanol–water partition coefficient (Wildman–Crippen LogP) is 9.65. The smallest absolute Gasteiger partial charge is 0.231 e. The summed E-state index contributed by atoms with van der Waals surface area (Å²) in [6.45, 7) is 30.2. The van der Waals surface area contributed by atoms with Crippen molar-refractivity contribution in [3.8, 4) is 27.9 Å². The molecule has 0 N–H and O–H groups in total. The third-order valence-electron chi connectivity index (χ3n) is 9.66. The third kappa shape index (κ3) is 7.30. The molecule has 0 bridgehead atoms. The van der Waals surface area contributed by atoms with Gasteiger partial charge in [0.05, 0.1) is 21.0 Å². The first-order chi connectivity index (χ1) is 20.7. The van der Waals surface area contributed by atoms with Crippen LogP contribution in [0.4, 0.5) is 0 Å². The van der Waals surface area contributed by atoms with Crippen molar-refractivity contribution in [1.82, 2.24) is 0 Å². The van der Waals surface area contributed by atoms with Crippen molar-refractivity contribution in [3.05, 3.63) is 91.9 Å². The van der Waals surface area contributed by atoms with E-state index in [4.69, 9.17) is 11.6 Å². The summed E-state index contributed by atoms with van der Waals surface area (Å²) in [5.74, 6) is 0.583. The molecule has 4 heteroatoms. The Morgan fingerprint density at radius 3 is 1.59 bits per heavy atom. The first-order valence-corrected chi connectivity index (χ1v) is 18.1. The van der Waals surface area contributed by atoms with Gasteiger partial charge in [0.25, 0.3) is 0 Å². The maximum atomic E-state index is 7.38. The van der Waals surface area contributed by atoms with Gasteiger partial charge in [0.1, 0.15) is 0 Å². The van der Waals surface area contributed by atoms with Gasteiger partial charge in [0.2, 0.25) is 16.9 Å². The van der Waals surface area contributed by atoms with E-state index in [-0.39, 0.29) is 34.1 Å². The summed E-state index contributed by atoms with van der Waals surface area (Å²) in [4.78, 5) is 1.52. The van der Waals surface area contributed by atoms with Crippen molar-refractivity contribution in [1.29, 1.82) is 0 Å². The number of aromatic nitrogens is 1. The molecule has 1 aliphatic rings. The molecule has 1 aliphatic carbocycles. The lowest BCUT2D eigenvalue weighted by atomic mass is 9.77. The molecule has 4 aromatic rings. The predicted molar refractivity (Wildman–Crippen MR) is 198 cm³/mol. The van der Waals surface area contributed by atoms with Crippen LogP contribution in [0.3, 0.4) is 0 Å². The first kappa shape index (κ1) is 36.7. The van der Waals surface area contributed by atoms with E-state index in [1.165, 1.54) is 68.0 Å². The van der Waals surface area contributed by atoms with Gasteiger partial charge in [-0.25, -0.2) is 0 Å². The van der Waals surface area contributed by atoms with Gasteiger partial charge in [-0.2, -0.15) is 4.57 Å². The van der Waals surface area contributed by atoms with Crippen molar-refractivity contribution in [2.45, 2.75) is 137 Å². The summed E-state index contributed by atoms with van der Waals surface area (Å²) in [6, 6.07) is 18.9. The quantitative estimate of drug-likeness (QED) is 0.190. The second kappa shape index (κ2) is 12.7. The highest BCUT2D eigenvalue weighted by Crippen LogP contribution is 2.44.